The molecule has 1 saturated heterocycles. The summed E-state index contributed by atoms with van der Waals surface area (Å²) in [6, 6.07) is 4.69. The van der Waals surface area contributed by atoms with Crippen LogP contribution in [0.3, 0.4) is 0 Å². The first kappa shape index (κ1) is 11.4. The fourth-order valence-electron chi connectivity index (χ4n) is 2.09. The van der Waals surface area contributed by atoms with Gasteiger partial charge in [-0.25, -0.2) is 4.98 Å². The molecule has 1 aliphatic rings. The second-order valence-electron chi connectivity index (χ2n) is 4.93. The zero-order chi connectivity index (χ0) is 11.5. The molecule has 88 valence electrons. The van der Waals surface area contributed by atoms with Gasteiger partial charge in [0.15, 0.2) is 0 Å². The Morgan fingerprint density at radius 1 is 1.38 bits per heavy atom. The Hall–Kier alpha value is -1.09. The molecule has 2 heterocycles. The van der Waals surface area contributed by atoms with Crippen LogP contribution in [0.1, 0.15) is 38.2 Å². The number of rotatable bonds is 2. The van der Waals surface area contributed by atoms with Crippen LogP contribution in [-0.2, 0) is 0 Å². The summed E-state index contributed by atoms with van der Waals surface area (Å²) in [7, 11) is 0. The Morgan fingerprint density at radius 3 is 2.69 bits per heavy atom. The molecule has 1 aromatic heterocycles. The lowest BCUT2D eigenvalue weighted by Gasteiger charge is -2.31. The lowest BCUT2D eigenvalue weighted by atomic mass is 10.0. The van der Waals surface area contributed by atoms with Gasteiger partial charge in [0.2, 0.25) is 0 Å². The molecule has 2 N–H and O–H groups in total. The molecule has 0 bridgehead atoms. The van der Waals surface area contributed by atoms with E-state index in [0.717, 1.165) is 31.7 Å². The molecule has 0 aromatic carbocycles. The van der Waals surface area contributed by atoms with E-state index in [9.17, 15) is 0 Å². The van der Waals surface area contributed by atoms with Gasteiger partial charge in [-0.05, 0) is 36.5 Å². The molecule has 0 unspecified atom stereocenters. The number of aromatic nitrogens is 1. The van der Waals surface area contributed by atoms with Crippen molar-refractivity contribution in [2.24, 2.45) is 5.73 Å². The summed E-state index contributed by atoms with van der Waals surface area (Å²) in [5.74, 6) is 1.67. The normalized spacial score (nSPS) is 18.1. The van der Waals surface area contributed by atoms with E-state index >= 15 is 0 Å². The SMILES string of the molecule is CC(C)c1ccnc(N2CCC(N)CC2)c1. The first-order chi connectivity index (χ1) is 7.66. The maximum absolute atomic E-state index is 5.91. The standard InChI is InChI=1S/C13H21N3/c1-10(2)11-3-6-15-13(9-11)16-7-4-12(14)5-8-16/h3,6,9-10,12H,4-5,7-8,14H2,1-2H3. The van der Waals surface area contributed by atoms with Gasteiger partial charge in [0.05, 0.1) is 0 Å². The van der Waals surface area contributed by atoms with Crippen LogP contribution in [-0.4, -0.2) is 24.1 Å². The zero-order valence-electron chi connectivity index (χ0n) is 10.2. The van der Waals surface area contributed by atoms with E-state index in [-0.39, 0.29) is 0 Å². The molecular formula is C13H21N3. The highest BCUT2D eigenvalue weighted by Crippen LogP contribution is 2.21. The third-order valence-corrected chi connectivity index (χ3v) is 3.30. The predicted molar refractivity (Wildman–Crippen MR) is 67.7 cm³/mol. The third-order valence-electron chi connectivity index (χ3n) is 3.30. The Bertz CT molecular complexity index is 341. The highest BCUT2D eigenvalue weighted by Gasteiger charge is 2.17. The Balaban J connectivity index is 2.11. The van der Waals surface area contributed by atoms with E-state index in [1.165, 1.54) is 5.56 Å². The van der Waals surface area contributed by atoms with Crippen molar-refractivity contribution in [2.75, 3.05) is 18.0 Å². The summed E-state index contributed by atoms with van der Waals surface area (Å²) in [5.41, 5.74) is 7.27. The second-order valence-corrected chi connectivity index (χ2v) is 4.93. The molecule has 3 nitrogen and oxygen atoms in total. The van der Waals surface area contributed by atoms with Crippen LogP contribution in [0.4, 0.5) is 5.82 Å². The van der Waals surface area contributed by atoms with E-state index in [1.54, 1.807) is 0 Å². The fourth-order valence-corrected chi connectivity index (χ4v) is 2.09. The summed E-state index contributed by atoms with van der Waals surface area (Å²) in [6.45, 7) is 6.50. The number of hydrogen-bond donors (Lipinski definition) is 1. The molecule has 16 heavy (non-hydrogen) atoms. The molecule has 0 radical (unpaired) electrons. The van der Waals surface area contributed by atoms with Crippen LogP contribution in [0, 0.1) is 0 Å². The van der Waals surface area contributed by atoms with E-state index in [4.69, 9.17) is 5.73 Å². The first-order valence-corrected chi connectivity index (χ1v) is 6.13. The average Bonchev–Trinajstić information content (AvgIpc) is 2.30. The summed E-state index contributed by atoms with van der Waals surface area (Å²) >= 11 is 0. The molecule has 0 atom stereocenters. The number of piperidine rings is 1. The van der Waals surface area contributed by atoms with Gasteiger partial charge in [-0.3, -0.25) is 0 Å². The van der Waals surface area contributed by atoms with Crippen LogP contribution in [0.15, 0.2) is 18.3 Å². The topological polar surface area (TPSA) is 42.2 Å². The van der Waals surface area contributed by atoms with Crippen molar-refractivity contribution >= 4 is 5.82 Å². The van der Waals surface area contributed by atoms with Crippen LogP contribution in [0.2, 0.25) is 0 Å². The maximum atomic E-state index is 5.91. The van der Waals surface area contributed by atoms with E-state index in [2.05, 4.69) is 35.9 Å². The monoisotopic (exact) mass is 219 g/mol. The van der Waals surface area contributed by atoms with Gasteiger partial charge in [-0.15, -0.1) is 0 Å². The molecule has 2 rings (SSSR count). The lowest BCUT2D eigenvalue weighted by molar-refractivity contribution is 0.498. The number of pyridine rings is 1. The summed E-state index contributed by atoms with van der Waals surface area (Å²) in [6.07, 6.45) is 4.07. The summed E-state index contributed by atoms with van der Waals surface area (Å²) in [4.78, 5) is 6.80. The van der Waals surface area contributed by atoms with Gasteiger partial charge < -0.3 is 10.6 Å². The van der Waals surface area contributed by atoms with Crippen LogP contribution in [0.5, 0.6) is 0 Å². The molecule has 0 spiro atoms. The number of anilines is 1. The minimum Gasteiger partial charge on any atom is -0.356 e. The zero-order valence-corrected chi connectivity index (χ0v) is 10.2. The molecule has 1 aromatic rings. The van der Waals surface area contributed by atoms with Crippen molar-refractivity contribution in [3.8, 4) is 0 Å². The predicted octanol–water partition coefficient (Wildman–Crippen LogP) is 2.13. The number of nitrogens with two attached hydrogens (primary N) is 1. The van der Waals surface area contributed by atoms with Gasteiger partial charge in [-0.2, -0.15) is 0 Å². The summed E-state index contributed by atoms with van der Waals surface area (Å²) in [5, 5.41) is 0. The second kappa shape index (κ2) is 4.83. The smallest absolute Gasteiger partial charge is 0.128 e. The Kier molecular flexibility index (Phi) is 3.44. The molecule has 0 amide bonds. The van der Waals surface area contributed by atoms with Crippen LogP contribution >= 0.6 is 0 Å². The van der Waals surface area contributed by atoms with Crippen molar-refractivity contribution in [1.29, 1.82) is 0 Å². The van der Waals surface area contributed by atoms with Gasteiger partial charge in [0.25, 0.3) is 0 Å². The van der Waals surface area contributed by atoms with Gasteiger partial charge in [0.1, 0.15) is 5.82 Å². The average molecular weight is 219 g/mol. The Morgan fingerprint density at radius 2 is 2.06 bits per heavy atom. The van der Waals surface area contributed by atoms with Crippen molar-refractivity contribution in [3.63, 3.8) is 0 Å². The summed E-state index contributed by atoms with van der Waals surface area (Å²) < 4.78 is 0. The van der Waals surface area contributed by atoms with Crippen molar-refractivity contribution in [2.45, 2.75) is 38.6 Å². The quantitative estimate of drug-likeness (QED) is 0.828. The lowest BCUT2D eigenvalue weighted by Crippen LogP contribution is -2.40. The van der Waals surface area contributed by atoms with Crippen LogP contribution in [0.25, 0.3) is 0 Å². The molecule has 1 aliphatic heterocycles. The van der Waals surface area contributed by atoms with Crippen LogP contribution < -0.4 is 10.6 Å². The van der Waals surface area contributed by atoms with Crippen molar-refractivity contribution in [1.82, 2.24) is 4.98 Å². The third kappa shape index (κ3) is 2.53. The highest BCUT2D eigenvalue weighted by atomic mass is 15.2. The van der Waals surface area contributed by atoms with Crippen molar-refractivity contribution < 1.29 is 0 Å². The molecular weight excluding hydrogens is 198 g/mol. The van der Waals surface area contributed by atoms with Gasteiger partial charge in [-0.1, -0.05) is 13.8 Å². The van der Waals surface area contributed by atoms with Gasteiger partial charge in [0, 0.05) is 25.3 Å². The minimum atomic E-state index is 0.379. The van der Waals surface area contributed by atoms with Crippen molar-refractivity contribution in [3.05, 3.63) is 23.9 Å². The Labute approximate surface area is 97.7 Å². The fraction of sp³-hybridized carbons (Fsp3) is 0.615. The van der Waals surface area contributed by atoms with E-state index in [0.29, 0.717) is 12.0 Å². The highest BCUT2D eigenvalue weighted by molar-refractivity contribution is 5.42. The molecule has 0 aliphatic carbocycles. The largest absolute Gasteiger partial charge is 0.356 e. The first-order valence-electron chi connectivity index (χ1n) is 6.13. The molecule has 0 saturated carbocycles. The van der Waals surface area contributed by atoms with Gasteiger partial charge >= 0.3 is 0 Å². The maximum Gasteiger partial charge on any atom is 0.128 e. The minimum absolute atomic E-state index is 0.379. The number of hydrogen-bond acceptors (Lipinski definition) is 3. The number of nitrogens with zero attached hydrogens (tertiary/aromatic N) is 2. The van der Waals surface area contributed by atoms with E-state index in [1.807, 2.05) is 6.20 Å². The molecule has 1 fully saturated rings. The van der Waals surface area contributed by atoms with E-state index < -0.39 is 0 Å². The molecule has 3 heteroatoms.